The summed E-state index contributed by atoms with van der Waals surface area (Å²) in [5.41, 5.74) is 6.39. The lowest BCUT2D eigenvalue weighted by atomic mass is 10.2. The molecule has 1 atom stereocenters. The van der Waals surface area contributed by atoms with Gasteiger partial charge in [-0.1, -0.05) is 13.0 Å². The van der Waals surface area contributed by atoms with Crippen molar-refractivity contribution in [3.05, 3.63) is 19.0 Å². The zero-order valence-corrected chi connectivity index (χ0v) is 10.4. The minimum atomic E-state index is 0.226. The number of nitrogens with two attached hydrogens (primary N) is 1. The lowest BCUT2D eigenvalue weighted by molar-refractivity contribution is 0.306. The highest BCUT2D eigenvalue weighted by atomic mass is 16.5. The Balaban J connectivity index is 2.75. The predicted molar refractivity (Wildman–Crippen MR) is 70.1 cm³/mol. The van der Waals surface area contributed by atoms with E-state index in [1.807, 2.05) is 19.9 Å². The van der Waals surface area contributed by atoms with Crippen molar-refractivity contribution in [3.63, 3.8) is 0 Å². The van der Waals surface area contributed by atoms with Crippen LogP contribution in [0.2, 0.25) is 0 Å². The fraction of sp³-hybridized carbons (Fsp3) is 0.500. The van der Waals surface area contributed by atoms with E-state index in [9.17, 15) is 0 Å². The molecule has 1 aromatic rings. The molecule has 1 rings (SSSR count). The van der Waals surface area contributed by atoms with Gasteiger partial charge in [0.1, 0.15) is 12.0 Å². The van der Waals surface area contributed by atoms with Gasteiger partial charge in [0, 0.05) is 6.04 Å². The molecule has 1 heterocycles. The van der Waals surface area contributed by atoms with Crippen LogP contribution in [0.25, 0.3) is 0 Å². The Morgan fingerprint density at radius 2 is 2.35 bits per heavy atom. The smallest absolute Gasteiger partial charge is 0.242 e. The molecule has 0 aliphatic carbocycles. The van der Waals surface area contributed by atoms with E-state index in [0.717, 1.165) is 12.8 Å². The van der Waals surface area contributed by atoms with Crippen molar-refractivity contribution in [1.82, 2.24) is 9.97 Å². The van der Waals surface area contributed by atoms with Crippen LogP contribution in [-0.2, 0) is 0 Å². The molecule has 0 fully saturated rings. The van der Waals surface area contributed by atoms with Gasteiger partial charge in [-0.2, -0.15) is 4.98 Å². The number of rotatable bonds is 7. The normalized spacial score (nSPS) is 11.9. The van der Waals surface area contributed by atoms with Gasteiger partial charge in [-0.25, -0.2) is 4.98 Å². The molecule has 17 heavy (non-hydrogen) atoms. The lowest BCUT2D eigenvalue weighted by Gasteiger charge is -2.15. The molecule has 0 saturated heterocycles. The van der Waals surface area contributed by atoms with Crippen molar-refractivity contribution in [3.8, 4) is 5.88 Å². The maximum Gasteiger partial charge on any atom is 0.242 e. The second-order valence-electron chi connectivity index (χ2n) is 3.86. The summed E-state index contributed by atoms with van der Waals surface area (Å²) < 4.78 is 5.43. The molecule has 5 heteroatoms. The van der Waals surface area contributed by atoms with E-state index in [2.05, 4.69) is 21.9 Å². The standard InChI is InChI=1S/C12H20N4O/c1-4-6-9(3)16-11-10(13)12(15-8-14-11)17-7-5-2/h4,8-9H,1,5-7,13H2,2-3H3,(H,14,15,16). The number of nitrogen functional groups attached to an aromatic ring is 1. The number of anilines is 2. The summed E-state index contributed by atoms with van der Waals surface area (Å²) in [6.07, 6.45) is 5.06. The van der Waals surface area contributed by atoms with Gasteiger partial charge in [-0.05, 0) is 19.8 Å². The molecule has 0 saturated carbocycles. The third kappa shape index (κ3) is 3.94. The number of ether oxygens (including phenoxy) is 1. The largest absolute Gasteiger partial charge is 0.476 e. The van der Waals surface area contributed by atoms with Crippen LogP contribution in [0.4, 0.5) is 11.5 Å². The van der Waals surface area contributed by atoms with Gasteiger partial charge in [-0.3, -0.25) is 0 Å². The molecular weight excluding hydrogens is 216 g/mol. The highest BCUT2D eigenvalue weighted by Gasteiger charge is 2.10. The molecule has 0 aliphatic heterocycles. The summed E-state index contributed by atoms with van der Waals surface area (Å²) >= 11 is 0. The molecule has 0 bridgehead atoms. The number of aromatic nitrogens is 2. The summed E-state index contributed by atoms with van der Waals surface area (Å²) in [5.74, 6) is 1.05. The average molecular weight is 236 g/mol. The quantitative estimate of drug-likeness (QED) is 0.710. The Hall–Kier alpha value is -1.78. The molecule has 0 aromatic carbocycles. The van der Waals surface area contributed by atoms with E-state index < -0.39 is 0 Å². The van der Waals surface area contributed by atoms with Gasteiger partial charge in [0.05, 0.1) is 6.61 Å². The first kappa shape index (κ1) is 13.3. The van der Waals surface area contributed by atoms with Crippen molar-refractivity contribution < 1.29 is 4.74 Å². The summed E-state index contributed by atoms with van der Waals surface area (Å²) in [5, 5.41) is 3.20. The summed E-state index contributed by atoms with van der Waals surface area (Å²) in [6, 6.07) is 0.226. The molecule has 3 N–H and O–H groups in total. The van der Waals surface area contributed by atoms with E-state index in [4.69, 9.17) is 10.5 Å². The van der Waals surface area contributed by atoms with Crippen LogP contribution in [0.15, 0.2) is 19.0 Å². The Kier molecular flexibility index (Phi) is 5.26. The van der Waals surface area contributed by atoms with Crippen LogP contribution >= 0.6 is 0 Å². The van der Waals surface area contributed by atoms with Gasteiger partial charge in [0.25, 0.3) is 0 Å². The zero-order chi connectivity index (χ0) is 12.7. The first-order valence-electron chi connectivity index (χ1n) is 5.79. The van der Waals surface area contributed by atoms with Crippen LogP contribution < -0.4 is 15.8 Å². The second-order valence-corrected chi connectivity index (χ2v) is 3.86. The molecule has 1 unspecified atom stereocenters. The topological polar surface area (TPSA) is 73.1 Å². The van der Waals surface area contributed by atoms with Crippen LogP contribution in [0.5, 0.6) is 5.88 Å². The van der Waals surface area contributed by atoms with Gasteiger partial charge < -0.3 is 15.8 Å². The fourth-order valence-electron chi connectivity index (χ4n) is 1.35. The molecule has 1 aromatic heterocycles. The summed E-state index contributed by atoms with van der Waals surface area (Å²) in [7, 11) is 0. The molecule has 0 spiro atoms. The van der Waals surface area contributed by atoms with E-state index in [1.165, 1.54) is 6.33 Å². The van der Waals surface area contributed by atoms with E-state index in [1.54, 1.807) is 0 Å². The van der Waals surface area contributed by atoms with Crippen LogP contribution in [0, 0.1) is 0 Å². The molecule has 5 nitrogen and oxygen atoms in total. The summed E-state index contributed by atoms with van der Waals surface area (Å²) in [6.45, 7) is 8.36. The minimum absolute atomic E-state index is 0.226. The van der Waals surface area contributed by atoms with Gasteiger partial charge >= 0.3 is 0 Å². The van der Waals surface area contributed by atoms with Gasteiger partial charge in [0.15, 0.2) is 5.82 Å². The SMILES string of the molecule is C=CCC(C)Nc1ncnc(OCCC)c1N. The number of nitrogens with one attached hydrogen (secondary N) is 1. The molecule has 0 amide bonds. The predicted octanol–water partition coefficient (Wildman–Crippen LogP) is 2.22. The number of nitrogens with zero attached hydrogens (tertiary/aromatic N) is 2. The number of hydrogen-bond donors (Lipinski definition) is 2. The Labute approximate surface area is 102 Å². The van der Waals surface area contributed by atoms with Crippen molar-refractivity contribution in [2.45, 2.75) is 32.7 Å². The third-order valence-corrected chi connectivity index (χ3v) is 2.19. The minimum Gasteiger partial charge on any atom is -0.476 e. The zero-order valence-electron chi connectivity index (χ0n) is 10.4. The van der Waals surface area contributed by atoms with Crippen molar-refractivity contribution in [2.75, 3.05) is 17.7 Å². The first-order chi connectivity index (χ1) is 8.19. The maximum atomic E-state index is 5.93. The second kappa shape index (κ2) is 6.73. The van der Waals surface area contributed by atoms with Crippen molar-refractivity contribution in [1.29, 1.82) is 0 Å². The Morgan fingerprint density at radius 1 is 1.59 bits per heavy atom. The number of hydrogen-bond acceptors (Lipinski definition) is 5. The van der Waals surface area contributed by atoms with E-state index >= 15 is 0 Å². The third-order valence-electron chi connectivity index (χ3n) is 2.19. The monoisotopic (exact) mass is 236 g/mol. The molecular formula is C12H20N4O. The van der Waals surface area contributed by atoms with E-state index in [-0.39, 0.29) is 6.04 Å². The molecule has 94 valence electrons. The van der Waals surface area contributed by atoms with Crippen LogP contribution in [-0.4, -0.2) is 22.6 Å². The lowest BCUT2D eigenvalue weighted by Crippen LogP contribution is -2.17. The van der Waals surface area contributed by atoms with Crippen LogP contribution in [0.3, 0.4) is 0 Å². The molecule has 0 aliphatic rings. The van der Waals surface area contributed by atoms with Gasteiger partial charge in [-0.15, -0.1) is 6.58 Å². The maximum absolute atomic E-state index is 5.93. The van der Waals surface area contributed by atoms with Crippen molar-refractivity contribution >= 4 is 11.5 Å². The van der Waals surface area contributed by atoms with Crippen molar-refractivity contribution in [2.24, 2.45) is 0 Å². The van der Waals surface area contributed by atoms with Crippen LogP contribution in [0.1, 0.15) is 26.7 Å². The average Bonchev–Trinajstić information content (AvgIpc) is 2.30. The fourth-order valence-corrected chi connectivity index (χ4v) is 1.35. The summed E-state index contributed by atoms with van der Waals surface area (Å²) in [4.78, 5) is 8.12. The highest BCUT2D eigenvalue weighted by molar-refractivity contribution is 5.66. The van der Waals surface area contributed by atoms with Gasteiger partial charge in [0.2, 0.25) is 5.88 Å². The Bertz CT molecular complexity index is 368. The first-order valence-corrected chi connectivity index (χ1v) is 5.79. The molecule has 0 radical (unpaired) electrons. The van der Waals surface area contributed by atoms with E-state index in [0.29, 0.717) is 24.0 Å². The highest BCUT2D eigenvalue weighted by Crippen LogP contribution is 2.25. The Morgan fingerprint density at radius 3 is 3.00 bits per heavy atom.